The van der Waals surface area contributed by atoms with E-state index in [2.05, 4.69) is 27.1 Å². The molecule has 1 aromatic heterocycles. The van der Waals surface area contributed by atoms with Crippen LogP contribution >= 0.6 is 23.2 Å². The maximum atomic E-state index is 6.17. The van der Waals surface area contributed by atoms with Crippen molar-refractivity contribution in [2.45, 2.75) is 19.8 Å². The van der Waals surface area contributed by atoms with Gasteiger partial charge in [-0.2, -0.15) is 4.98 Å². The van der Waals surface area contributed by atoms with Crippen molar-refractivity contribution in [1.29, 1.82) is 0 Å². The third kappa shape index (κ3) is 3.45. The van der Waals surface area contributed by atoms with Gasteiger partial charge in [0, 0.05) is 19.3 Å². The van der Waals surface area contributed by atoms with E-state index in [1.54, 1.807) is 18.3 Å². The smallest absolute Gasteiger partial charge is 0.229 e. The van der Waals surface area contributed by atoms with Crippen LogP contribution in [0.2, 0.25) is 10.0 Å². The molecule has 1 saturated heterocycles. The lowest BCUT2D eigenvalue weighted by atomic mass is 9.99. The van der Waals surface area contributed by atoms with E-state index < -0.39 is 0 Å². The normalized spacial score (nSPS) is 15.9. The molecule has 1 aliphatic rings. The molecule has 4 nitrogen and oxygen atoms in total. The van der Waals surface area contributed by atoms with Gasteiger partial charge in [-0.15, -0.1) is 0 Å². The van der Waals surface area contributed by atoms with Gasteiger partial charge in [-0.1, -0.05) is 36.2 Å². The quantitative estimate of drug-likeness (QED) is 0.876. The van der Waals surface area contributed by atoms with E-state index in [-0.39, 0.29) is 0 Å². The summed E-state index contributed by atoms with van der Waals surface area (Å²) >= 11 is 12.3. The van der Waals surface area contributed by atoms with Crippen molar-refractivity contribution in [3.05, 3.63) is 40.5 Å². The monoisotopic (exact) mass is 336 g/mol. The Bertz CT molecular complexity index is 634. The molecule has 3 rings (SSSR count). The average Bonchev–Trinajstić information content (AvgIpc) is 2.52. The molecule has 1 aromatic carbocycles. The summed E-state index contributed by atoms with van der Waals surface area (Å²) in [7, 11) is 0. The van der Waals surface area contributed by atoms with Crippen molar-refractivity contribution < 1.29 is 0 Å². The summed E-state index contributed by atoms with van der Waals surface area (Å²) in [6.07, 6.45) is 4.15. The number of para-hydroxylation sites is 1. The molecular formula is C16H18Cl2N4. The summed E-state index contributed by atoms with van der Waals surface area (Å²) in [5, 5.41) is 4.21. The van der Waals surface area contributed by atoms with E-state index in [1.807, 2.05) is 12.1 Å². The summed E-state index contributed by atoms with van der Waals surface area (Å²) < 4.78 is 0. The molecule has 1 aliphatic heterocycles. The van der Waals surface area contributed by atoms with Gasteiger partial charge in [0.05, 0.1) is 15.7 Å². The van der Waals surface area contributed by atoms with Gasteiger partial charge in [-0.3, -0.25) is 0 Å². The van der Waals surface area contributed by atoms with Crippen LogP contribution in [0.25, 0.3) is 0 Å². The predicted molar refractivity (Wildman–Crippen MR) is 92.4 cm³/mol. The fraction of sp³-hybridized carbons (Fsp3) is 0.375. The number of anilines is 3. The second-order valence-corrected chi connectivity index (χ2v) is 6.44. The first-order chi connectivity index (χ1) is 10.6. The highest BCUT2D eigenvalue weighted by Gasteiger charge is 2.17. The second-order valence-electron chi connectivity index (χ2n) is 5.63. The number of piperidine rings is 1. The molecule has 116 valence electrons. The fourth-order valence-corrected chi connectivity index (χ4v) is 3.04. The lowest BCUT2D eigenvalue weighted by molar-refractivity contribution is 0.436. The second kappa shape index (κ2) is 6.71. The standard InChI is InChI=1S/C16H18Cl2N4/c1-11-6-9-22(10-7-11)14-5-8-19-16(20-14)21-15-12(17)3-2-4-13(15)18/h2-5,8,11H,6-7,9-10H2,1H3,(H,19,20,21). The maximum Gasteiger partial charge on any atom is 0.229 e. The molecule has 1 N–H and O–H groups in total. The minimum atomic E-state index is 0.506. The van der Waals surface area contributed by atoms with Gasteiger partial charge >= 0.3 is 0 Å². The van der Waals surface area contributed by atoms with Crippen LogP contribution < -0.4 is 10.2 Å². The molecule has 6 heteroatoms. The van der Waals surface area contributed by atoms with E-state index >= 15 is 0 Å². The van der Waals surface area contributed by atoms with Crippen LogP contribution in [0, 0.1) is 5.92 Å². The van der Waals surface area contributed by atoms with Gasteiger partial charge in [0.25, 0.3) is 0 Å². The molecule has 0 atom stereocenters. The zero-order chi connectivity index (χ0) is 15.5. The van der Waals surface area contributed by atoms with Crippen LogP contribution in [0.1, 0.15) is 19.8 Å². The summed E-state index contributed by atoms with van der Waals surface area (Å²) in [5.41, 5.74) is 0.634. The Balaban J connectivity index is 1.79. The summed E-state index contributed by atoms with van der Waals surface area (Å²) in [6.45, 7) is 4.36. The molecule has 0 bridgehead atoms. The Kier molecular flexibility index (Phi) is 4.69. The average molecular weight is 337 g/mol. The highest BCUT2D eigenvalue weighted by atomic mass is 35.5. The van der Waals surface area contributed by atoms with E-state index in [0.29, 0.717) is 21.7 Å². The number of nitrogens with one attached hydrogen (secondary N) is 1. The molecule has 0 spiro atoms. The number of hydrogen-bond acceptors (Lipinski definition) is 4. The molecule has 2 aromatic rings. The Hall–Kier alpha value is -1.52. The molecule has 0 amide bonds. The van der Waals surface area contributed by atoms with Crippen LogP contribution in [0.5, 0.6) is 0 Å². The third-order valence-corrected chi connectivity index (χ3v) is 4.58. The van der Waals surface area contributed by atoms with Crippen LogP contribution in [0.15, 0.2) is 30.5 Å². The topological polar surface area (TPSA) is 41.1 Å². The van der Waals surface area contributed by atoms with Crippen molar-refractivity contribution in [2.24, 2.45) is 5.92 Å². The van der Waals surface area contributed by atoms with Gasteiger partial charge in [-0.05, 0) is 37.0 Å². The lowest BCUT2D eigenvalue weighted by Gasteiger charge is -2.31. The number of halogens is 2. The highest BCUT2D eigenvalue weighted by molar-refractivity contribution is 6.39. The summed E-state index contributed by atoms with van der Waals surface area (Å²) in [4.78, 5) is 11.1. The molecule has 2 heterocycles. The SMILES string of the molecule is CC1CCN(c2ccnc(Nc3c(Cl)cccc3Cl)n2)CC1. The third-order valence-electron chi connectivity index (χ3n) is 3.95. The minimum Gasteiger partial charge on any atom is -0.356 e. The van der Waals surface area contributed by atoms with E-state index in [0.717, 1.165) is 24.8 Å². The van der Waals surface area contributed by atoms with E-state index in [4.69, 9.17) is 23.2 Å². The summed E-state index contributed by atoms with van der Waals surface area (Å²) in [6, 6.07) is 7.31. The molecule has 0 radical (unpaired) electrons. The van der Waals surface area contributed by atoms with Crippen LogP contribution in [0.4, 0.5) is 17.5 Å². The summed E-state index contributed by atoms with van der Waals surface area (Å²) in [5.74, 6) is 2.23. The van der Waals surface area contributed by atoms with Crippen molar-refractivity contribution in [2.75, 3.05) is 23.3 Å². The number of rotatable bonds is 3. The number of benzene rings is 1. The molecule has 0 aliphatic carbocycles. The van der Waals surface area contributed by atoms with Crippen molar-refractivity contribution in [3.63, 3.8) is 0 Å². The largest absolute Gasteiger partial charge is 0.356 e. The van der Waals surface area contributed by atoms with Gasteiger partial charge in [0.15, 0.2) is 0 Å². The molecule has 0 saturated carbocycles. The number of aromatic nitrogens is 2. The van der Waals surface area contributed by atoms with Gasteiger partial charge < -0.3 is 10.2 Å². The molecular weight excluding hydrogens is 319 g/mol. The van der Waals surface area contributed by atoms with E-state index in [9.17, 15) is 0 Å². The van der Waals surface area contributed by atoms with Crippen LogP contribution in [-0.4, -0.2) is 23.1 Å². The molecule has 22 heavy (non-hydrogen) atoms. The van der Waals surface area contributed by atoms with Gasteiger partial charge in [-0.25, -0.2) is 4.98 Å². The minimum absolute atomic E-state index is 0.506. The van der Waals surface area contributed by atoms with Crippen LogP contribution in [-0.2, 0) is 0 Å². The zero-order valence-electron chi connectivity index (χ0n) is 12.4. The first-order valence-corrected chi connectivity index (χ1v) is 8.18. The van der Waals surface area contributed by atoms with E-state index in [1.165, 1.54) is 12.8 Å². The van der Waals surface area contributed by atoms with Gasteiger partial charge in [0.2, 0.25) is 5.95 Å². The Labute approximate surface area is 140 Å². The Morgan fingerprint density at radius 3 is 2.50 bits per heavy atom. The highest BCUT2D eigenvalue weighted by Crippen LogP contribution is 2.32. The Morgan fingerprint density at radius 2 is 1.82 bits per heavy atom. The number of nitrogens with zero attached hydrogens (tertiary/aromatic N) is 3. The van der Waals surface area contributed by atoms with Crippen LogP contribution in [0.3, 0.4) is 0 Å². The molecule has 1 fully saturated rings. The predicted octanol–water partition coefficient (Wildman–Crippen LogP) is 4.76. The van der Waals surface area contributed by atoms with Crippen molar-refractivity contribution in [1.82, 2.24) is 9.97 Å². The van der Waals surface area contributed by atoms with Crippen molar-refractivity contribution >= 4 is 40.7 Å². The number of hydrogen-bond donors (Lipinski definition) is 1. The Morgan fingerprint density at radius 1 is 1.14 bits per heavy atom. The van der Waals surface area contributed by atoms with Gasteiger partial charge in [0.1, 0.15) is 5.82 Å². The van der Waals surface area contributed by atoms with Crippen molar-refractivity contribution in [3.8, 4) is 0 Å². The first-order valence-electron chi connectivity index (χ1n) is 7.42. The molecule has 0 unspecified atom stereocenters. The zero-order valence-corrected chi connectivity index (χ0v) is 13.9. The maximum absolute atomic E-state index is 6.17. The fourth-order valence-electron chi connectivity index (χ4n) is 2.55. The lowest BCUT2D eigenvalue weighted by Crippen LogP contribution is -2.33. The first kappa shape index (κ1) is 15.4.